The highest BCUT2D eigenvalue weighted by Gasteiger charge is 2.38. The van der Waals surface area contributed by atoms with Crippen molar-refractivity contribution < 1.29 is 9.90 Å². The molecule has 1 unspecified atom stereocenters. The number of H-pyrrole nitrogens is 1. The Morgan fingerprint density at radius 2 is 1.94 bits per heavy atom. The molecule has 1 heterocycles. The summed E-state index contributed by atoms with van der Waals surface area (Å²) < 4.78 is 0. The lowest BCUT2D eigenvalue weighted by Gasteiger charge is -2.31. The highest BCUT2D eigenvalue weighted by molar-refractivity contribution is 5.75. The fourth-order valence-corrected chi connectivity index (χ4v) is 1.82. The third kappa shape index (κ3) is 2.49. The lowest BCUT2D eigenvalue weighted by Crippen LogP contribution is -2.47. The molecule has 0 aromatic carbocycles. The Bertz CT molecular complexity index is 416. The summed E-state index contributed by atoms with van der Waals surface area (Å²) in [6.45, 7) is 9.79. The number of nitrogens with zero attached hydrogens (tertiary/aromatic N) is 1. The first-order valence-electron chi connectivity index (χ1n) is 5.61. The van der Waals surface area contributed by atoms with Crippen LogP contribution in [0.2, 0.25) is 0 Å². The minimum atomic E-state index is -1.00. The number of hydrogen-bond donors (Lipinski definition) is 3. The molecule has 4 N–H and O–H groups in total. The monoisotopic (exact) mass is 239 g/mol. The van der Waals surface area contributed by atoms with Crippen LogP contribution in [-0.4, -0.2) is 27.3 Å². The third-order valence-electron chi connectivity index (χ3n) is 3.13. The molecule has 0 fully saturated rings. The first-order valence-corrected chi connectivity index (χ1v) is 5.61. The van der Waals surface area contributed by atoms with Gasteiger partial charge in [0.2, 0.25) is 0 Å². The highest BCUT2D eigenvalue weighted by atomic mass is 16.4. The number of carbonyl (C=O) groups is 1. The van der Waals surface area contributed by atoms with Gasteiger partial charge in [-0.2, -0.15) is 5.10 Å². The molecule has 0 radical (unpaired) electrons. The first-order chi connectivity index (χ1) is 7.58. The zero-order valence-electron chi connectivity index (χ0n) is 11.0. The molecule has 0 amide bonds. The largest absolute Gasteiger partial charge is 0.480 e. The second-order valence-corrected chi connectivity index (χ2v) is 5.95. The summed E-state index contributed by atoms with van der Waals surface area (Å²) in [4.78, 5) is 11.0. The van der Waals surface area contributed by atoms with E-state index in [-0.39, 0.29) is 5.41 Å². The Morgan fingerprint density at radius 1 is 1.41 bits per heavy atom. The Morgan fingerprint density at radius 3 is 2.35 bits per heavy atom. The molecule has 0 aliphatic rings. The molecule has 0 bridgehead atoms. The van der Waals surface area contributed by atoms with Gasteiger partial charge in [-0.15, -0.1) is 0 Å². The summed E-state index contributed by atoms with van der Waals surface area (Å²) in [5.41, 5.74) is 6.76. The quantitative estimate of drug-likeness (QED) is 0.743. The minimum absolute atomic E-state index is 0.124. The van der Waals surface area contributed by atoms with E-state index in [0.717, 1.165) is 11.3 Å². The van der Waals surface area contributed by atoms with Crippen LogP contribution in [0.15, 0.2) is 6.20 Å². The van der Waals surface area contributed by atoms with Crippen molar-refractivity contribution in [3.8, 4) is 0 Å². The van der Waals surface area contributed by atoms with Crippen LogP contribution in [0.4, 0.5) is 0 Å². The number of aromatic amines is 1. The first kappa shape index (κ1) is 13.7. The summed E-state index contributed by atoms with van der Waals surface area (Å²) in [7, 11) is 0. The smallest absolute Gasteiger partial charge is 0.321 e. The van der Waals surface area contributed by atoms with Crippen molar-refractivity contribution in [1.29, 1.82) is 0 Å². The summed E-state index contributed by atoms with van der Waals surface area (Å²) in [5, 5.41) is 16.0. The van der Waals surface area contributed by atoms with Crippen molar-refractivity contribution in [3.05, 3.63) is 17.5 Å². The van der Waals surface area contributed by atoms with Crippen LogP contribution in [0.5, 0.6) is 0 Å². The standard InChI is InChI=1S/C12H21N3O2/c1-11(2,3)9-7(6-14-15-9)12(4,5)8(13)10(16)17/h6,8H,13H2,1-5H3,(H,14,15)(H,16,17). The molecule has 1 aromatic heterocycles. The molecule has 0 aliphatic heterocycles. The van der Waals surface area contributed by atoms with E-state index in [9.17, 15) is 4.79 Å². The van der Waals surface area contributed by atoms with Gasteiger partial charge in [0.05, 0.1) is 6.20 Å². The predicted octanol–water partition coefficient (Wildman–Crippen LogP) is 1.40. The van der Waals surface area contributed by atoms with Crippen molar-refractivity contribution in [2.45, 2.75) is 51.5 Å². The van der Waals surface area contributed by atoms with E-state index in [1.165, 1.54) is 0 Å². The van der Waals surface area contributed by atoms with Gasteiger partial charge >= 0.3 is 5.97 Å². The summed E-state index contributed by atoms with van der Waals surface area (Å²) >= 11 is 0. The maximum atomic E-state index is 11.0. The minimum Gasteiger partial charge on any atom is -0.480 e. The number of nitrogens with two attached hydrogens (primary N) is 1. The van der Waals surface area contributed by atoms with Crippen LogP contribution in [0, 0.1) is 0 Å². The molecule has 1 rings (SSSR count). The van der Waals surface area contributed by atoms with Gasteiger partial charge in [0.1, 0.15) is 6.04 Å². The highest BCUT2D eigenvalue weighted by Crippen LogP contribution is 2.34. The fourth-order valence-electron chi connectivity index (χ4n) is 1.82. The summed E-state index contributed by atoms with van der Waals surface area (Å²) in [6, 6.07) is -0.957. The number of aromatic nitrogens is 2. The van der Waals surface area contributed by atoms with Gasteiger partial charge in [-0.25, -0.2) is 0 Å². The second-order valence-electron chi connectivity index (χ2n) is 5.95. The Labute approximate surface area is 101 Å². The number of carboxylic acids is 1. The molecular formula is C12H21N3O2. The molecule has 0 saturated heterocycles. The maximum Gasteiger partial charge on any atom is 0.321 e. The van der Waals surface area contributed by atoms with E-state index in [1.54, 1.807) is 6.20 Å². The average molecular weight is 239 g/mol. The van der Waals surface area contributed by atoms with Gasteiger partial charge in [0.15, 0.2) is 0 Å². The molecule has 5 nitrogen and oxygen atoms in total. The fraction of sp³-hybridized carbons (Fsp3) is 0.667. The molecule has 1 aromatic rings. The summed E-state index contributed by atoms with van der Waals surface area (Å²) in [6.07, 6.45) is 1.67. The van der Waals surface area contributed by atoms with Crippen molar-refractivity contribution >= 4 is 5.97 Å². The molecule has 1 atom stereocenters. The lowest BCUT2D eigenvalue weighted by molar-refractivity contribution is -0.140. The van der Waals surface area contributed by atoms with Crippen LogP contribution in [-0.2, 0) is 15.6 Å². The van der Waals surface area contributed by atoms with Gasteiger partial charge < -0.3 is 10.8 Å². The molecule has 0 saturated carbocycles. The van der Waals surface area contributed by atoms with E-state index in [2.05, 4.69) is 10.2 Å². The van der Waals surface area contributed by atoms with Gasteiger partial charge in [0, 0.05) is 22.1 Å². The topological polar surface area (TPSA) is 92.0 Å². The van der Waals surface area contributed by atoms with Crippen molar-refractivity contribution in [3.63, 3.8) is 0 Å². The van der Waals surface area contributed by atoms with Gasteiger partial charge in [0.25, 0.3) is 0 Å². The molecule has 0 aliphatic carbocycles. The predicted molar refractivity (Wildman–Crippen MR) is 65.9 cm³/mol. The van der Waals surface area contributed by atoms with E-state index in [4.69, 9.17) is 10.8 Å². The summed E-state index contributed by atoms with van der Waals surface area (Å²) in [5.74, 6) is -1.00. The second kappa shape index (κ2) is 4.14. The van der Waals surface area contributed by atoms with Crippen molar-refractivity contribution in [1.82, 2.24) is 10.2 Å². The number of aliphatic carboxylic acids is 1. The van der Waals surface area contributed by atoms with Gasteiger partial charge in [-0.3, -0.25) is 9.89 Å². The van der Waals surface area contributed by atoms with Crippen molar-refractivity contribution in [2.24, 2.45) is 5.73 Å². The third-order valence-corrected chi connectivity index (χ3v) is 3.13. The normalized spacial score (nSPS) is 14.7. The van der Waals surface area contributed by atoms with Crippen LogP contribution < -0.4 is 5.73 Å². The molecule has 96 valence electrons. The maximum absolute atomic E-state index is 11.0. The van der Waals surface area contributed by atoms with E-state index in [0.29, 0.717) is 0 Å². The molecular weight excluding hydrogens is 218 g/mol. The zero-order valence-corrected chi connectivity index (χ0v) is 11.0. The van der Waals surface area contributed by atoms with Crippen molar-refractivity contribution in [2.75, 3.05) is 0 Å². The van der Waals surface area contributed by atoms with Crippen LogP contribution in [0.1, 0.15) is 45.9 Å². The van der Waals surface area contributed by atoms with E-state index >= 15 is 0 Å². The van der Waals surface area contributed by atoms with Crippen LogP contribution in [0.3, 0.4) is 0 Å². The Hall–Kier alpha value is -1.36. The van der Waals surface area contributed by atoms with E-state index in [1.807, 2.05) is 34.6 Å². The number of rotatable bonds is 3. The van der Waals surface area contributed by atoms with Gasteiger partial charge in [-0.1, -0.05) is 34.6 Å². The molecule has 0 spiro atoms. The van der Waals surface area contributed by atoms with Crippen LogP contribution in [0.25, 0.3) is 0 Å². The number of nitrogens with one attached hydrogen (secondary N) is 1. The SMILES string of the molecule is CC(C)(C)c1[nH]ncc1C(C)(C)C(N)C(=O)O. The average Bonchev–Trinajstić information content (AvgIpc) is 2.64. The van der Waals surface area contributed by atoms with Gasteiger partial charge in [-0.05, 0) is 0 Å². The zero-order chi connectivity index (χ0) is 13.4. The Balaban J connectivity index is 3.25. The number of carboxylic acid groups (broad SMARTS) is 1. The number of hydrogen-bond acceptors (Lipinski definition) is 3. The molecule has 5 heteroatoms. The van der Waals surface area contributed by atoms with Crippen LogP contribution >= 0.6 is 0 Å². The lowest BCUT2D eigenvalue weighted by atomic mass is 9.74. The Kier molecular flexibility index (Phi) is 3.34. The molecule has 17 heavy (non-hydrogen) atoms. The van der Waals surface area contributed by atoms with E-state index < -0.39 is 17.4 Å².